The Bertz CT molecular complexity index is 267. The summed E-state index contributed by atoms with van der Waals surface area (Å²) in [4.78, 5) is 0. The van der Waals surface area contributed by atoms with Crippen LogP contribution in [0.2, 0.25) is 0 Å². The van der Waals surface area contributed by atoms with Crippen molar-refractivity contribution in [1.82, 2.24) is 0 Å². The predicted octanol–water partition coefficient (Wildman–Crippen LogP) is 1.47. The van der Waals surface area contributed by atoms with Crippen LogP contribution in [-0.2, 0) is 6.54 Å². The van der Waals surface area contributed by atoms with E-state index in [9.17, 15) is 0 Å². The van der Waals surface area contributed by atoms with Gasteiger partial charge in [0.05, 0.1) is 0 Å². The molecular formula is C10H16N2. The molecule has 66 valence electrons. The largest absolute Gasteiger partial charge is 0.326 e. The highest BCUT2D eigenvalue weighted by molar-refractivity contribution is 5.30. The summed E-state index contributed by atoms with van der Waals surface area (Å²) in [6, 6.07) is 6.35. The van der Waals surface area contributed by atoms with Gasteiger partial charge in [-0.2, -0.15) is 0 Å². The van der Waals surface area contributed by atoms with E-state index >= 15 is 0 Å². The summed E-state index contributed by atoms with van der Waals surface area (Å²) in [6.45, 7) is 4.63. The Labute approximate surface area is 73.6 Å². The van der Waals surface area contributed by atoms with Crippen LogP contribution in [0.3, 0.4) is 0 Å². The molecule has 0 amide bonds. The fourth-order valence-electron chi connectivity index (χ4n) is 1.28. The molecule has 0 aliphatic carbocycles. The third kappa shape index (κ3) is 2.06. The Morgan fingerprint density at radius 2 is 2.00 bits per heavy atom. The molecule has 0 unspecified atom stereocenters. The first-order valence-corrected chi connectivity index (χ1v) is 4.19. The molecule has 0 aliphatic heterocycles. The average Bonchev–Trinajstić information content (AvgIpc) is 2.03. The lowest BCUT2D eigenvalue weighted by molar-refractivity contribution is 0.813. The van der Waals surface area contributed by atoms with Crippen LogP contribution in [0.15, 0.2) is 18.2 Å². The maximum Gasteiger partial charge on any atom is 0.0266 e. The maximum atomic E-state index is 5.77. The van der Waals surface area contributed by atoms with Crippen molar-refractivity contribution in [2.45, 2.75) is 26.4 Å². The van der Waals surface area contributed by atoms with Gasteiger partial charge in [-0.15, -0.1) is 0 Å². The Hall–Kier alpha value is -0.860. The lowest BCUT2D eigenvalue weighted by Gasteiger charge is -2.08. The van der Waals surface area contributed by atoms with Gasteiger partial charge < -0.3 is 11.5 Å². The topological polar surface area (TPSA) is 52.0 Å². The number of benzene rings is 1. The molecular weight excluding hydrogens is 148 g/mol. The third-order valence-electron chi connectivity index (χ3n) is 1.92. The van der Waals surface area contributed by atoms with E-state index in [-0.39, 0.29) is 6.04 Å². The van der Waals surface area contributed by atoms with Crippen molar-refractivity contribution in [3.8, 4) is 0 Å². The van der Waals surface area contributed by atoms with Gasteiger partial charge in [-0.25, -0.2) is 0 Å². The molecule has 0 bridgehead atoms. The van der Waals surface area contributed by atoms with Crippen molar-refractivity contribution >= 4 is 0 Å². The Morgan fingerprint density at radius 3 is 2.50 bits per heavy atom. The zero-order chi connectivity index (χ0) is 9.14. The highest BCUT2D eigenvalue weighted by atomic mass is 14.6. The highest BCUT2D eigenvalue weighted by Gasteiger charge is 2.01. The van der Waals surface area contributed by atoms with E-state index in [4.69, 9.17) is 11.5 Å². The van der Waals surface area contributed by atoms with Gasteiger partial charge in [0.25, 0.3) is 0 Å². The molecule has 0 heterocycles. The van der Waals surface area contributed by atoms with Crippen LogP contribution < -0.4 is 11.5 Å². The number of nitrogens with two attached hydrogens (primary N) is 2. The molecule has 0 radical (unpaired) electrons. The van der Waals surface area contributed by atoms with Crippen LogP contribution in [0.1, 0.15) is 29.7 Å². The van der Waals surface area contributed by atoms with Crippen molar-refractivity contribution in [3.05, 3.63) is 34.9 Å². The van der Waals surface area contributed by atoms with Crippen LogP contribution in [0.5, 0.6) is 0 Å². The van der Waals surface area contributed by atoms with E-state index in [0.29, 0.717) is 6.54 Å². The van der Waals surface area contributed by atoms with Gasteiger partial charge in [0.15, 0.2) is 0 Å². The second kappa shape index (κ2) is 3.70. The molecule has 0 saturated carbocycles. The van der Waals surface area contributed by atoms with E-state index in [1.165, 1.54) is 5.56 Å². The first-order valence-electron chi connectivity index (χ1n) is 4.19. The van der Waals surface area contributed by atoms with Crippen LogP contribution in [0.4, 0.5) is 0 Å². The van der Waals surface area contributed by atoms with Crippen LogP contribution in [-0.4, -0.2) is 0 Å². The van der Waals surface area contributed by atoms with Crippen LogP contribution >= 0.6 is 0 Å². The SMILES string of the molecule is Cc1cc(CN)cc([C@@H](C)N)c1. The van der Waals surface area contributed by atoms with Crippen molar-refractivity contribution in [2.75, 3.05) is 0 Å². The van der Waals surface area contributed by atoms with Crippen molar-refractivity contribution < 1.29 is 0 Å². The van der Waals surface area contributed by atoms with Gasteiger partial charge >= 0.3 is 0 Å². The first kappa shape index (κ1) is 9.23. The number of rotatable bonds is 2. The van der Waals surface area contributed by atoms with Crippen molar-refractivity contribution in [1.29, 1.82) is 0 Å². The number of hydrogen-bond donors (Lipinski definition) is 2. The summed E-state index contributed by atoms with van der Waals surface area (Å²) in [5.41, 5.74) is 14.9. The lowest BCUT2D eigenvalue weighted by Crippen LogP contribution is -2.07. The molecule has 1 atom stereocenters. The molecule has 0 fully saturated rings. The van der Waals surface area contributed by atoms with Crippen molar-refractivity contribution in [3.63, 3.8) is 0 Å². The minimum absolute atomic E-state index is 0.0928. The van der Waals surface area contributed by atoms with Gasteiger partial charge in [-0.05, 0) is 25.0 Å². The molecule has 12 heavy (non-hydrogen) atoms. The molecule has 0 aliphatic rings. The summed E-state index contributed by atoms with van der Waals surface area (Å²) in [5.74, 6) is 0. The summed E-state index contributed by atoms with van der Waals surface area (Å²) in [7, 11) is 0. The zero-order valence-corrected chi connectivity index (χ0v) is 7.67. The lowest BCUT2D eigenvalue weighted by atomic mass is 10.0. The average molecular weight is 164 g/mol. The quantitative estimate of drug-likeness (QED) is 0.695. The van der Waals surface area contributed by atoms with Gasteiger partial charge in [0.2, 0.25) is 0 Å². The molecule has 2 nitrogen and oxygen atoms in total. The fraction of sp³-hybridized carbons (Fsp3) is 0.400. The fourth-order valence-corrected chi connectivity index (χ4v) is 1.28. The number of hydrogen-bond acceptors (Lipinski definition) is 2. The molecule has 0 saturated heterocycles. The Kier molecular flexibility index (Phi) is 2.84. The summed E-state index contributed by atoms with van der Waals surface area (Å²) >= 11 is 0. The minimum Gasteiger partial charge on any atom is -0.326 e. The smallest absolute Gasteiger partial charge is 0.0266 e. The molecule has 4 N–H and O–H groups in total. The Balaban J connectivity index is 3.06. The molecule has 1 rings (SSSR count). The maximum absolute atomic E-state index is 5.77. The predicted molar refractivity (Wildman–Crippen MR) is 51.7 cm³/mol. The van der Waals surface area contributed by atoms with E-state index in [0.717, 1.165) is 11.1 Å². The molecule has 1 aromatic rings. The first-order chi connectivity index (χ1) is 5.63. The zero-order valence-electron chi connectivity index (χ0n) is 7.67. The molecule has 0 aromatic heterocycles. The Morgan fingerprint density at radius 1 is 1.33 bits per heavy atom. The normalized spacial score (nSPS) is 13.0. The number of aryl methyl sites for hydroxylation is 1. The van der Waals surface area contributed by atoms with E-state index in [1.807, 2.05) is 6.92 Å². The summed E-state index contributed by atoms with van der Waals surface area (Å²) in [5, 5.41) is 0. The molecule has 1 aromatic carbocycles. The standard InChI is InChI=1S/C10H16N2/c1-7-3-9(6-11)5-10(4-7)8(2)12/h3-5,8H,6,11-12H2,1-2H3/t8-/m1/s1. The van der Waals surface area contributed by atoms with E-state index < -0.39 is 0 Å². The highest BCUT2D eigenvalue weighted by Crippen LogP contribution is 2.14. The van der Waals surface area contributed by atoms with Crippen molar-refractivity contribution in [2.24, 2.45) is 11.5 Å². The van der Waals surface area contributed by atoms with Gasteiger partial charge in [0, 0.05) is 12.6 Å². The minimum atomic E-state index is 0.0928. The summed E-state index contributed by atoms with van der Waals surface area (Å²) < 4.78 is 0. The third-order valence-corrected chi connectivity index (χ3v) is 1.92. The van der Waals surface area contributed by atoms with Gasteiger partial charge in [-0.3, -0.25) is 0 Å². The second-order valence-electron chi connectivity index (χ2n) is 3.24. The van der Waals surface area contributed by atoms with Crippen LogP contribution in [0, 0.1) is 6.92 Å². The second-order valence-corrected chi connectivity index (χ2v) is 3.24. The molecule has 0 spiro atoms. The van der Waals surface area contributed by atoms with E-state index in [1.54, 1.807) is 0 Å². The van der Waals surface area contributed by atoms with Gasteiger partial charge in [0.1, 0.15) is 0 Å². The molecule has 2 heteroatoms. The van der Waals surface area contributed by atoms with Crippen LogP contribution in [0.25, 0.3) is 0 Å². The monoisotopic (exact) mass is 164 g/mol. The summed E-state index contributed by atoms with van der Waals surface area (Å²) in [6.07, 6.45) is 0. The van der Waals surface area contributed by atoms with E-state index in [2.05, 4.69) is 25.1 Å². The van der Waals surface area contributed by atoms with Gasteiger partial charge in [-0.1, -0.05) is 23.8 Å².